The number of hydrogen-bond donors (Lipinski definition) is 1. The number of Topliss-reactive ketones (excluding diaryl/α,β-unsaturated/α-hetero) is 1. The third-order valence-corrected chi connectivity index (χ3v) is 3.79. The van der Waals surface area contributed by atoms with Crippen LogP contribution in [-0.4, -0.2) is 63.2 Å². The largest absolute Gasteiger partial charge is 0.383 e. The Balaban J connectivity index is 1.83. The first-order valence-electron chi connectivity index (χ1n) is 7.49. The molecule has 1 heterocycles. The minimum atomic E-state index is -0.0383. The first-order chi connectivity index (χ1) is 10.6. The number of nitrogens with one attached hydrogen (secondary N) is 1. The molecule has 0 radical (unpaired) electrons. The van der Waals surface area contributed by atoms with E-state index in [9.17, 15) is 9.59 Å². The number of methoxy groups -OCH3 is 1. The van der Waals surface area contributed by atoms with Crippen LogP contribution in [0.1, 0.15) is 17.3 Å². The Kier molecular flexibility index (Phi) is 5.77. The van der Waals surface area contributed by atoms with Crippen molar-refractivity contribution in [2.75, 3.05) is 51.3 Å². The van der Waals surface area contributed by atoms with Gasteiger partial charge in [0.05, 0.1) is 6.61 Å². The number of benzene rings is 1. The fourth-order valence-corrected chi connectivity index (χ4v) is 2.45. The van der Waals surface area contributed by atoms with Crippen LogP contribution in [0.5, 0.6) is 0 Å². The van der Waals surface area contributed by atoms with Gasteiger partial charge in [0.15, 0.2) is 5.78 Å². The summed E-state index contributed by atoms with van der Waals surface area (Å²) >= 11 is 0. The van der Waals surface area contributed by atoms with Crippen molar-refractivity contribution in [2.24, 2.45) is 0 Å². The van der Waals surface area contributed by atoms with Crippen LogP contribution in [0.3, 0.4) is 0 Å². The highest BCUT2D eigenvalue weighted by Crippen LogP contribution is 2.17. The Bertz CT molecular complexity index is 508. The molecule has 1 aromatic carbocycles. The van der Waals surface area contributed by atoms with Crippen molar-refractivity contribution >= 4 is 17.5 Å². The van der Waals surface area contributed by atoms with Gasteiger partial charge in [-0.25, -0.2) is 4.79 Å². The summed E-state index contributed by atoms with van der Waals surface area (Å²) in [5.74, 6) is 0.0732. The summed E-state index contributed by atoms with van der Waals surface area (Å²) in [4.78, 5) is 27.3. The molecule has 1 fully saturated rings. The van der Waals surface area contributed by atoms with E-state index in [4.69, 9.17) is 4.74 Å². The molecule has 0 aromatic heterocycles. The van der Waals surface area contributed by atoms with E-state index in [1.165, 1.54) is 0 Å². The molecule has 0 spiro atoms. The zero-order chi connectivity index (χ0) is 15.9. The molecule has 6 nitrogen and oxygen atoms in total. The van der Waals surface area contributed by atoms with Gasteiger partial charge in [0, 0.05) is 51.1 Å². The third kappa shape index (κ3) is 4.21. The summed E-state index contributed by atoms with van der Waals surface area (Å²) in [5.41, 5.74) is 1.81. The Hall–Kier alpha value is -2.08. The molecule has 0 atom stereocenters. The highest BCUT2D eigenvalue weighted by atomic mass is 16.5. The van der Waals surface area contributed by atoms with Crippen LogP contribution in [0, 0.1) is 0 Å². The van der Waals surface area contributed by atoms with Crippen molar-refractivity contribution < 1.29 is 14.3 Å². The number of amides is 2. The fraction of sp³-hybridized carbons (Fsp3) is 0.500. The number of carbonyl (C=O) groups is 2. The molecule has 0 saturated carbocycles. The van der Waals surface area contributed by atoms with Gasteiger partial charge in [0.1, 0.15) is 0 Å². The quantitative estimate of drug-likeness (QED) is 0.659. The van der Waals surface area contributed by atoms with Gasteiger partial charge in [-0.2, -0.15) is 0 Å². The van der Waals surface area contributed by atoms with E-state index >= 15 is 0 Å². The first-order valence-corrected chi connectivity index (χ1v) is 7.49. The standard InChI is InChI=1S/C16H23N3O3/c1-13(20)14-3-5-15(6-4-14)18-8-10-19(11-9-18)16(21)17-7-12-22-2/h3-6H,7-12H2,1-2H3,(H,17,21). The molecule has 2 rings (SSSR count). The molecular formula is C16H23N3O3. The topological polar surface area (TPSA) is 61.9 Å². The number of ether oxygens (including phenoxy) is 1. The van der Waals surface area contributed by atoms with E-state index in [0.29, 0.717) is 26.2 Å². The summed E-state index contributed by atoms with van der Waals surface area (Å²) in [6.07, 6.45) is 0. The second-order valence-electron chi connectivity index (χ2n) is 5.30. The number of rotatable bonds is 5. The van der Waals surface area contributed by atoms with Gasteiger partial charge in [0.25, 0.3) is 0 Å². The Labute approximate surface area is 131 Å². The summed E-state index contributed by atoms with van der Waals surface area (Å²) < 4.78 is 4.92. The van der Waals surface area contributed by atoms with Gasteiger partial charge in [-0.1, -0.05) is 0 Å². The molecule has 1 aliphatic rings. The van der Waals surface area contributed by atoms with Gasteiger partial charge in [-0.15, -0.1) is 0 Å². The minimum absolute atomic E-state index is 0.0383. The van der Waals surface area contributed by atoms with Crippen molar-refractivity contribution in [1.29, 1.82) is 0 Å². The van der Waals surface area contributed by atoms with E-state index in [2.05, 4.69) is 10.2 Å². The number of anilines is 1. The van der Waals surface area contributed by atoms with Gasteiger partial charge >= 0.3 is 6.03 Å². The lowest BCUT2D eigenvalue weighted by molar-refractivity contribution is 0.101. The molecule has 22 heavy (non-hydrogen) atoms. The molecule has 0 aliphatic carbocycles. The Morgan fingerprint density at radius 2 is 1.77 bits per heavy atom. The molecule has 1 N–H and O–H groups in total. The number of nitrogens with zero attached hydrogens (tertiary/aromatic N) is 2. The fourth-order valence-electron chi connectivity index (χ4n) is 2.45. The van der Waals surface area contributed by atoms with Crippen LogP contribution in [0.15, 0.2) is 24.3 Å². The monoisotopic (exact) mass is 305 g/mol. The predicted molar refractivity (Wildman–Crippen MR) is 85.5 cm³/mol. The Morgan fingerprint density at radius 1 is 1.14 bits per heavy atom. The van der Waals surface area contributed by atoms with Crippen molar-refractivity contribution in [3.05, 3.63) is 29.8 Å². The summed E-state index contributed by atoms with van der Waals surface area (Å²) in [5, 5.41) is 2.83. The molecule has 0 bridgehead atoms. The highest BCUT2D eigenvalue weighted by molar-refractivity contribution is 5.94. The normalized spacial score (nSPS) is 14.8. The molecular weight excluding hydrogens is 282 g/mol. The van der Waals surface area contributed by atoms with E-state index in [1.807, 2.05) is 29.2 Å². The van der Waals surface area contributed by atoms with Crippen LogP contribution in [0.25, 0.3) is 0 Å². The molecule has 120 valence electrons. The van der Waals surface area contributed by atoms with Gasteiger partial charge in [0.2, 0.25) is 0 Å². The third-order valence-electron chi connectivity index (χ3n) is 3.79. The second-order valence-corrected chi connectivity index (χ2v) is 5.30. The zero-order valence-corrected chi connectivity index (χ0v) is 13.2. The van der Waals surface area contributed by atoms with E-state index in [-0.39, 0.29) is 11.8 Å². The van der Waals surface area contributed by atoms with Crippen molar-refractivity contribution in [3.8, 4) is 0 Å². The van der Waals surface area contributed by atoms with E-state index in [0.717, 1.165) is 24.3 Å². The van der Waals surface area contributed by atoms with E-state index in [1.54, 1.807) is 14.0 Å². The Morgan fingerprint density at radius 3 is 2.32 bits per heavy atom. The molecule has 1 saturated heterocycles. The van der Waals surface area contributed by atoms with Crippen LogP contribution in [-0.2, 0) is 4.74 Å². The van der Waals surface area contributed by atoms with E-state index < -0.39 is 0 Å². The average molecular weight is 305 g/mol. The van der Waals surface area contributed by atoms with Crippen LogP contribution in [0.2, 0.25) is 0 Å². The average Bonchev–Trinajstić information content (AvgIpc) is 2.55. The number of hydrogen-bond acceptors (Lipinski definition) is 4. The molecule has 6 heteroatoms. The lowest BCUT2D eigenvalue weighted by Gasteiger charge is -2.36. The smallest absolute Gasteiger partial charge is 0.317 e. The number of piperazine rings is 1. The van der Waals surface area contributed by atoms with Gasteiger partial charge in [-0.3, -0.25) is 4.79 Å². The van der Waals surface area contributed by atoms with Crippen molar-refractivity contribution in [2.45, 2.75) is 6.92 Å². The van der Waals surface area contributed by atoms with Gasteiger partial charge in [-0.05, 0) is 31.2 Å². The maximum absolute atomic E-state index is 11.9. The highest BCUT2D eigenvalue weighted by Gasteiger charge is 2.20. The minimum Gasteiger partial charge on any atom is -0.383 e. The van der Waals surface area contributed by atoms with Crippen LogP contribution >= 0.6 is 0 Å². The molecule has 1 aliphatic heterocycles. The predicted octanol–water partition coefficient (Wildman–Crippen LogP) is 1.37. The molecule has 0 unspecified atom stereocenters. The van der Waals surface area contributed by atoms with Crippen molar-refractivity contribution in [3.63, 3.8) is 0 Å². The SMILES string of the molecule is COCCNC(=O)N1CCN(c2ccc(C(C)=O)cc2)CC1. The summed E-state index contributed by atoms with van der Waals surface area (Å²) in [7, 11) is 1.61. The van der Waals surface area contributed by atoms with Crippen LogP contribution in [0.4, 0.5) is 10.5 Å². The summed E-state index contributed by atoms with van der Waals surface area (Å²) in [6.45, 7) is 5.57. The first kappa shape index (κ1) is 16.3. The van der Waals surface area contributed by atoms with Crippen molar-refractivity contribution in [1.82, 2.24) is 10.2 Å². The van der Waals surface area contributed by atoms with Crippen LogP contribution < -0.4 is 10.2 Å². The van der Waals surface area contributed by atoms with Gasteiger partial charge < -0.3 is 19.9 Å². The zero-order valence-electron chi connectivity index (χ0n) is 13.2. The lowest BCUT2D eigenvalue weighted by Crippen LogP contribution is -2.52. The number of carbonyl (C=O) groups excluding carboxylic acids is 2. The second kappa shape index (κ2) is 7.79. The maximum Gasteiger partial charge on any atom is 0.317 e. The number of urea groups is 1. The lowest BCUT2D eigenvalue weighted by atomic mass is 10.1. The number of ketones is 1. The maximum atomic E-state index is 11.9. The molecule has 1 aromatic rings. The molecule has 2 amide bonds. The summed E-state index contributed by atoms with van der Waals surface area (Å²) in [6, 6.07) is 7.59.